The SMILES string of the molecule is CCN(C)[C@H]1CN(C(=O)CN2C(=O)NC(C)(C)C2=O)C2(CCCCC2)C1. The lowest BCUT2D eigenvalue weighted by Gasteiger charge is -2.42. The predicted molar refractivity (Wildman–Crippen MR) is 98.6 cm³/mol. The average molecular weight is 364 g/mol. The van der Waals surface area contributed by atoms with Crippen molar-refractivity contribution in [2.24, 2.45) is 0 Å². The number of amides is 4. The first kappa shape index (κ1) is 19.1. The van der Waals surface area contributed by atoms with E-state index in [0.29, 0.717) is 12.6 Å². The van der Waals surface area contributed by atoms with E-state index in [1.54, 1.807) is 13.8 Å². The monoisotopic (exact) mass is 364 g/mol. The van der Waals surface area contributed by atoms with E-state index in [1.165, 1.54) is 6.42 Å². The molecule has 1 N–H and O–H groups in total. The van der Waals surface area contributed by atoms with Gasteiger partial charge in [-0.15, -0.1) is 0 Å². The molecule has 0 radical (unpaired) electrons. The van der Waals surface area contributed by atoms with Gasteiger partial charge in [0.15, 0.2) is 0 Å². The fourth-order valence-electron chi connectivity index (χ4n) is 4.80. The van der Waals surface area contributed by atoms with Crippen molar-refractivity contribution >= 4 is 17.8 Å². The van der Waals surface area contributed by atoms with Crippen LogP contribution >= 0.6 is 0 Å². The van der Waals surface area contributed by atoms with Crippen LogP contribution in [0.25, 0.3) is 0 Å². The first-order valence-electron chi connectivity index (χ1n) is 9.85. The third-order valence-corrected chi connectivity index (χ3v) is 6.53. The minimum Gasteiger partial charge on any atom is -0.334 e. The van der Waals surface area contributed by atoms with Crippen LogP contribution in [-0.4, -0.2) is 76.3 Å². The number of nitrogens with zero attached hydrogens (tertiary/aromatic N) is 3. The van der Waals surface area contributed by atoms with Crippen LogP contribution in [0.15, 0.2) is 0 Å². The van der Waals surface area contributed by atoms with Crippen LogP contribution in [0.2, 0.25) is 0 Å². The number of rotatable bonds is 4. The molecule has 3 rings (SSSR count). The standard InChI is InChI=1S/C19H32N4O3/c1-5-21(4)14-11-19(9-7-6-8-10-19)23(12-14)15(24)13-22-16(25)18(2,3)20-17(22)26/h14H,5-13H2,1-4H3,(H,20,26)/t14-/m1/s1. The van der Waals surface area contributed by atoms with Gasteiger partial charge in [0.05, 0.1) is 0 Å². The molecule has 3 aliphatic rings. The largest absolute Gasteiger partial charge is 0.334 e. The maximum atomic E-state index is 13.2. The second-order valence-electron chi connectivity index (χ2n) is 8.67. The summed E-state index contributed by atoms with van der Waals surface area (Å²) in [5.41, 5.74) is -1.03. The molecular formula is C19H32N4O3. The lowest BCUT2D eigenvalue weighted by Crippen LogP contribution is -2.52. The Morgan fingerprint density at radius 3 is 2.42 bits per heavy atom. The quantitative estimate of drug-likeness (QED) is 0.769. The molecule has 2 saturated heterocycles. The Bertz CT molecular complexity index is 598. The number of carbonyl (C=O) groups is 3. The molecule has 1 saturated carbocycles. The number of hydrogen-bond donors (Lipinski definition) is 1. The molecule has 1 spiro atoms. The van der Waals surface area contributed by atoms with Gasteiger partial charge >= 0.3 is 6.03 Å². The number of urea groups is 1. The van der Waals surface area contributed by atoms with Crippen molar-refractivity contribution in [1.82, 2.24) is 20.0 Å². The molecule has 2 heterocycles. The van der Waals surface area contributed by atoms with Gasteiger partial charge < -0.3 is 15.1 Å². The van der Waals surface area contributed by atoms with Crippen LogP contribution in [0.3, 0.4) is 0 Å². The molecule has 1 atom stereocenters. The van der Waals surface area contributed by atoms with Crippen molar-refractivity contribution in [1.29, 1.82) is 0 Å². The van der Waals surface area contributed by atoms with Crippen LogP contribution < -0.4 is 5.32 Å². The van der Waals surface area contributed by atoms with Gasteiger partial charge in [0.25, 0.3) is 5.91 Å². The number of likely N-dealkylation sites (tertiary alicyclic amines) is 1. The highest BCUT2D eigenvalue weighted by Gasteiger charge is 2.51. The topological polar surface area (TPSA) is 73.0 Å². The Morgan fingerprint density at radius 2 is 1.88 bits per heavy atom. The normalized spacial score (nSPS) is 27.5. The van der Waals surface area contributed by atoms with Crippen molar-refractivity contribution in [3.8, 4) is 0 Å². The second-order valence-corrected chi connectivity index (χ2v) is 8.67. The van der Waals surface area contributed by atoms with E-state index in [-0.39, 0.29) is 23.9 Å². The zero-order chi connectivity index (χ0) is 19.1. The molecule has 0 aromatic carbocycles. The van der Waals surface area contributed by atoms with Crippen molar-refractivity contribution < 1.29 is 14.4 Å². The number of likely N-dealkylation sites (N-methyl/N-ethyl adjacent to an activating group) is 1. The molecule has 4 amide bonds. The van der Waals surface area contributed by atoms with Crippen molar-refractivity contribution in [3.05, 3.63) is 0 Å². The maximum absolute atomic E-state index is 13.2. The molecule has 0 unspecified atom stereocenters. The minimum atomic E-state index is -0.935. The van der Waals surface area contributed by atoms with Gasteiger partial charge in [-0.05, 0) is 46.7 Å². The average Bonchev–Trinajstić information content (AvgIpc) is 3.05. The fraction of sp³-hybridized carbons (Fsp3) is 0.842. The zero-order valence-corrected chi connectivity index (χ0v) is 16.5. The number of carbonyl (C=O) groups excluding carboxylic acids is 3. The van der Waals surface area contributed by atoms with E-state index in [9.17, 15) is 14.4 Å². The van der Waals surface area contributed by atoms with Gasteiger partial charge in [0.2, 0.25) is 5.91 Å². The molecule has 0 aromatic heterocycles. The van der Waals surface area contributed by atoms with E-state index in [2.05, 4.69) is 24.2 Å². The highest BCUT2D eigenvalue weighted by molar-refractivity contribution is 6.08. The Morgan fingerprint density at radius 1 is 1.23 bits per heavy atom. The summed E-state index contributed by atoms with van der Waals surface area (Å²) in [7, 11) is 2.11. The van der Waals surface area contributed by atoms with Gasteiger partial charge in [-0.25, -0.2) is 4.79 Å². The molecule has 146 valence electrons. The molecule has 26 heavy (non-hydrogen) atoms. The van der Waals surface area contributed by atoms with Crippen LogP contribution in [0, 0.1) is 0 Å². The first-order chi connectivity index (χ1) is 12.2. The molecule has 3 fully saturated rings. The highest BCUT2D eigenvalue weighted by Crippen LogP contribution is 2.43. The van der Waals surface area contributed by atoms with E-state index in [4.69, 9.17) is 0 Å². The van der Waals surface area contributed by atoms with Crippen molar-refractivity contribution in [2.75, 3.05) is 26.7 Å². The Kier molecular flexibility index (Phi) is 5.03. The summed E-state index contributed by atoms with van der Waals surface area (Å²) in [6.45, 7) is 6.96. The Hall–Kier alpha value is -1.63. The predicted octanol–water partition coefficient (Wildman–Crippen LogP) is 1.57. The zero-order valence-electron chi connectivity index (χ0n) is 16.5. The third-order valence-electron chi connectivity index (χ3n) is 6.53. The molecule has 1 aliphatic carbocycles. The molecule has 2 aliphatic heterocycles. The molecule has 0 aromatic rings. The fourth-order valence-corrected chi connectivity index (χ4v) is 4.80. The van der Waals surface area contributed by atoms with Crippen molar-refractivity contribution in [2.45, 2.75) is 76.4 Å². The molecule has 0 bridgehead atoms. The van der Waals surface area contributed by atoms with E-state index < -0.39 is 11.6 Å². The van der Waals surface area contributed by atoms with E-state index in [0.717, 1.165) is 43.5 Å². The summed E-state index contributed by atoms with van der Waals surface area (Å²) in [6, 6.07) is -0.117. The summed E-state index contributed by atoms with van der Waals surface area (Å²) in [6.07, 6.45) is 6.55. The van der Waals surface area contributed by atoms with Crippen LogP contribution in [0.1, 0.15) is 59.3 Å². The van der Waals surface area contributed by atoms with Crippen LogP contribution in [0.5, 0.6) is 0 Å². The smallest absolute Gasteiger partial charge is 0.325 e. The molecule has 7 nitrogen and oxygen atoms in total. The summed E-state index contributed by atoms with van der Waals surface area (Å²) in [5, 5.41) is 2.65. The molecular weight excluding hydrogens is 332 g/mol. The van der Waals surface area contributed by atoms with Crippen molar-refractivity contribution in [3.63, 3.8) is 0 Å². The summed E-state index contributed by atoms with van der Waals surface area (Å²) < 4.78 is 0. The number of imide groups is 1. The van der Waals surface area contributed by atoms with Gasteiger partial charge in [-0.3, -0.25) is 14.5 Å². The van der Waals surface area contributed by atoms with Crippen LogP contribution in [0.4, 0.5) is 4.79 Å². The summed E-state index contributed by atoms with van der Waals surface area (Å²) >= 11 is 0. The van der Waals surface area contributed by atoms with E-state index >= 15 is 0 Å². The Balaban J connectivity index is 1.78. The second kappa shape index (κ2) is 6.83. The summed E-state index contributed by atoms with van der Waals surface area (Å²) in [4.78, 5) is 43.1. The highest BCUT2D eigenvalue weighted by atomic mass is 16.2. The number of nitrogens with one attached hydrogen (secondary N) is 1. The minimum absolute atomic E-state index is 0.0971. The van der Waals surface area contributed by atoms with Crippen LogP contribution in [-0.2, 0) is 9.59 Å². The summed E-state index contributed by atoms with van der Waals surface area (Å²) in [5.74, 6) is -0.421. The lowest BCUT2D eigenvalue weighted by molar-refractivity contribution is -0.142. The van der Waals surface area contributed by atoms with Gasteiger partial charge in [-0.1, -0.05) is 26.2 Å². The first-order valence-corrected chi connectivity index (χ1v) is 9.85. The Labute approximate surface area is 156 Å². The maximum Gasteiger partial charge on any atom is 0.325 e. The molecule has 7 heteroatoms. The third kappa shape index (κ3) is 3.21. The van der Waals surface area contributed by atoms with E-state index in [1.807, 2.05) is 4.90 Å². The van der Waals surface area contributed by atoms with Gasteiger partial charge in [0, 0.05) is 18.1 Å². The van der Waals surface area contributed by atoms with Gasteiger partial charge in [-0.2, -0.15) is 0 Å². The number of hydrogen-bond acceptors (Lipinski definition) is 4. The lowest BCUT2D eigenvalue weighted by atomic mass is 9.79. The van der Waals surface area contributed by atoms with Gasteiger partial charge in [0.1, 0.15) is 12.1 Å².